The molecule has 4 aromatic rings. The van der Waals surface area contributed by atoms with Gasteiger partial charge >= 0.3 is 37.1 Å². The molecule has 0 aromatic heterocycles. The number of alkyl halides is 18. The molecule has 0 saturated heterocycles. The summed E-state index contributed by atoms with van der Waals surface area (Å²) in [4.78, 5) is 0. The van der Waals surface area contributed by atoms with Crippen LogP contribution in [0, 0.1) is 0 Å². The van der Waals surface area contributed by atoms with Crippen LogP contribution in [0.4, 0.5) is 90.4 Å². The molecule has 0 aliphatic carbocycles. The summed E-state index contributed by atoms with van der Waals surface area (Å²) in [6.07, 6.45) is -39.9. The molecule has 22 heteroatoms. The minimum absolute atomic E-state index is 0.138. The lowest BCUT2D eigenvalue weighted by atomic mass is 9.71. The van der Waals surface area contributed by atoms with Gasteiger partial charge in [-0.2, -0.15) is 79.0 Å². The Bertz CT molecular complexity index is 1740. The topological polar surface area (TPSA) is 70.5 Å². The van der Waals surface area contributed by atoms with Crippen LogP contribution in [0.15, 0.2) is 72.8 Å². The quantitative estimate of drug-likeness (QED) is 0.151. The summed E-state index contributed by atoms with van der Waals surface area (Å²) in [5.41, 5.74) is -14.2. The van der Waals surface area contributed by atoms with Gasteiger partial charge in [-0.15, -0.1) is 0 Å². The second kappa shape index (κ2) is 13.0. The van der Waals surface area contributed by atoms with Crippen LogP contribution in [0.1, 0.15) is 33.4 Å². The summed E-state index contributed by atoms with van der Waals surface area (Å²) >= 11 is 0. The normalized spacial score (nSPS) is 13.6. The van der Waals surface area contributed by atoms with Gasteiger partial charge in [-0.05, 0) is 83.9 Å². The van der Waals surface area contributed by atoms with Gasteiger partial charge in [0.25, 0.3) is 0 Å². The number of hydrogen-bond acceptors (Lipinski definition) is 4. The van der Waals surface area contributed by atoms with Crippen molar-refractivity contribution < 1.29 is 88.5 Å². The van der Waals surface area contributed by atoms with Crippen molar-refractivity contribution in [3.05, 3.63) is 106 Å². The minimum atomic E-state index is -7.32. The second-order valence-corrected chi connectivity index (χ2v) is 10.9. The van der Waals surface area contributed by atoms with Gasteiger partial charge in [0, 0.05) is 11.4 Å². The van der Waals surface area contributed by atoms with Crippen LogP contribution < -0.4 is 20.9 Å². The number of nitrogens with two attached hydrogens (primary N) is 2. The van der Waals surface area contributed by atoms with Crippen LogP contribution in [0.3, 0.4) is 0 Å². The van der Waals surface area contributed by atoms with Gasteiger partial charge in [0.1, 0.15) is 11.5 Å². The molecule has 0 aliphatic heterocycles. The first-order valence-corrected chi connectivity index (χ1v) is 13.7. The van der Waals surface area contributed by atoms with Crippen LogP contribution >= 0.6 is 0 Å². The predicted molar refractivity (Wildman–Crippen MR) is 148 cm³/mol. The van der Waals surface area contributed by atoms with Crippen LogP contribution in [0.5, 0.6) is 23.0 Å². The number of ether oxygens (including phenoxy) is 2. The summed E-state index contributed by atoms with van der Waals surface area (Å²) in [6, 6.07) is 1.41. The maximum absolute atomic E-state index is 15.0. The molecule has 4 aromatic carbocycles. The molecule has 53 heavy (non-hydrogen) atoms. The zero-order valence-corrected chi connectivity index (χ0v) is 25.2. The van der Waals surface area contributed by atoms with E-state index in [2.05, 4.69) is 9.47 Å². The number of halogens is 18. The Morgan fingerprint density at radius 2 is 0.585 bits per heavy atom. The maximum Gasteiger partial charge on any atom is 0.420 e. The van der Waals surface area contributed by atoms with E-state index in [9.17, 15) is 79.0 Å². The molecule has 0 bridgehead atoms. The Balaban J connectivity index is 2.24. The zero-order chi connectivity index (χ0) is 40.3. The molecule has 0 unspecified atom stereocenters. The summed E-state index contributed by atoms with van der Waals surface area (Å²) in [5.74, 6) is -6.67. The fourth-order valence-electron chi connectivity index (χ4n) is 5.04. The Kier molecular flexibility index (Phi) is 9.99. The molecule has 288 valence electrons. The highest BCUT2D eigenvalue weighted by Gasteiger charge is 2.73. The number of anilines is 2. The van der Waals surface area contributed by atoms with Gasteiger partial charge in [0.05, 0.1) is 22.3 Å². The SMILES string of the molecule is Nc1ccc(Oc2c(C(F)(F)F)cc(C(c3cc(C(F)(F)F)c(Oc4ccc(N)cc4)c(C(F)(F)F)c3)(C(F)(F)F)C(F)(F)F)cc2C(F)(F)F)cc1. The van der Waals surface area contributed by atoms with E-state index >= 15 is 0 Å². The number of rotatable bonds is 6. The Morgan fingerprint density at radius 1 is 0.358 bits per heavy atom. The zero-order valence-electron chi connectivity index (χ0n) is 25.2. The third kappa shape index (κ3) is 7.94. The number of nitrogen functional groups attached to an aromatic ring is 2. The molecule has 0 spiro atoms. The van der Waals surface area contributed by atoms with Gasteiger partial charge in [-0.3, -0.25) is 0 Å². The van der Waals surface area contributed by atoms with E-state index in [1.54, 1.807) is 0 Å². The van der Waals surface area contributed by atoms with Crippen molar-refractivity contribution in [1.29, 1.82) is 0 Å². The van der Waals surface area contributed by atoms with Crippen molar-refractivity contribution in [2.75, 3.05) is 11.5 Å². The molecule has 4 nitrogen and oxygen atoms in total. The highest BCUT2D eigenvalue weighted by Crippen LogP contribution is 2.60. The first kappa shape index (κ1) is 40.6. The van der Waals surface area contributed by atoms with E-state index in [0.29, 0.717) is 24.3 Å². The second-order valence-electron chi connectivity index (χ2n) is 10.9. The monoisotopic (exact) mass is 790 g/mol. The molecule has 0 radical (unpaired) electrons. The van der Waals surface area contributed by atoms with E-state index in [0.717, 1.165) is 24.3 Å². The van der Waals surface area contributed by atoms with Crippen LogP contribution in [-0.2, 0) is 30.1 Å². The van der Waals surface area contributed by atoms with Crippen molar-refractivity contribution in [1.82, 2.24) is 0 Å². The molecule has 0 aliphatic rings. The maximum atomic E-state index is 15.0. The van der Waals surface area contributed by atoms with Crippen molar-refractivity contribution in [3.8, 4) is 23.0 Å². The third-order valence-electron chi connectivity index (χ3n) is 7.32. The molecule has 0 heterocycles. The summed E-state index contributed by atoms with van der Waals surface area (Å²) in [6.45, 7) is 0. The van der Waals surface area contributed by atoms with Gasteiger partial charge in [-0.25, -0.2) is 0 Å². The van der Waals surface area contributed by atoms with Gasteiger partial charge in [0.15, 0.2) is 11.5 Å². The van der Waals surface area contributed by atoms with Crippen molar-refractivity contribution in [2.24, 2.45) is 0 Å². The molecular formula is C31H16F18N2O2. The highest BCUT2D eigenvalue weighted by atomic mass is 19.4. The first-order valence-electron chi connectivity index (χ1n) is 13.7. The smallest absolute Gasteiger partial charge is 0.420 e. The van der Waals surface area contributed by atoms with Crippen LogP contribution in [0.2, 0.25) is 0 Å². The fourth-order valence-corrected chi connectivity index (χ4v) is 5.04. The van der Waals surface area contributed by atoms with Crippen LogP contribution in [0.25, 0.3) is 0 Å². The molecule has 0 amide bonds. The predicted octanol–water partition coefficient (Wildman–Crippen LogP) is 11.9. The van der Waals surface area contributed by atoms with Gasteiger partial charge < -0.3 is 20.9 Å². The number of hydrogen-bond donors (Lipinski definition) is 2. The fraction of sp³-hybridized carbons (Fsp3) is 0.226. The average molecular weight is 790 g/mol. The lowest BCUT2D eigenvalue weighted by Crippen LogP contribution is -2.55. The van der Waals surface area contributed by atoms with Gasteiger partial charge in [-0.1, -0.05) is 0 Å². The summed E-state index contributed by atoms with van der Waals surface area (Å²) in [7, 11) is 0. The Hall–Kier alpha value is -5.18. The largest absolute Gasteiger partial charge is 0.456 e. The van der Waals surface area contributed by atoms with E-state index in [1.807, 2.05) is 0 Å². The lowest BCUT2D eigenvalue weighted by molar-refractivity contribution is -0.289. The highest BCUT2D eigenvalue weighted by molar-refractivity contribution is 5.59. The average Bonchev–Trinajstić information content (AvgIpc) is 2.97. The summed E-state index contributed by atoms with van der Waals surface area (Å²) < 4.78 is 271. The molecule has 4 N–H and O–H groups in total. The standard InChI is InChI=1S/C31H16F18N2O2/c32-26(33,34)19-9-13(10-20(27(35,36)37)23(19)52-17-5-1-15(50)2-6-17)25(30(44,45)46,31(47,48)49)14-11-21(28(38,39)40)24(22(12-14)29(41,42)43)53-18-7-3-16(51)4-8-18/h1-12H,50-51H2. The molecule has 4 rings (SSSR count). The lowest BCUT2D eigenvalue weighted by Gasteiger charge is -2.40. The van der Waals surface area contributed by atoms with E-state index in [1.165, 1.54) is 0 Å². The minimum Gasteiger partial charge on any atom is -0.456 e. The van der Waals surface area contributed by atoms with E-state index in [4.69, 9.17) is 11.5 Å². The third-order valence-corrected chi connectivity index (χ3v) is 7.32. The van der Waals surface area contributed by atoms with E-state index in [-0.39, 0.29) is 11.4 Å². The van der Waals surface area contributed by atoms with Gasteiger partial charge in [0.2, 0.25) is 5.41 Å². The first-order chi connectivity index (χ1) is 23.9. The van der Waals surface area contributed by atoms with E-state index < -0.39 is 123 Å². The molecular weight excluding hydrogens is 774 g/mol. The van der Waals surface area contributed by atoms with Crippen molar-refractivity contribution in [2.45, 2.75) is 42.5 Å². The van der Waals surface area contributed by atoms with Crippen LogP contribution in [-0.4, -0.2) is 12.4 Å². The molecule has 0 atom stereocenters. The van der Waals surface area contributed by atoms with Crippen molar-refractivity contribution in [3.63, 3.8) is 0 Å². The number of benzene rings is 4. The Labute approximate surface area is 283 Å². The van der Waals surface area contributed by atoms with Crippen molar-refractivity contribution >= 4 is 11.4 Å². The summed E-state index contributed by atoms with van der Waals surface area (Å²) in [5, 5.41) is 0. The molecule has 0 fully saturated rings. The Morgan fingerprint density at radius 3 is 0.774 bits per heavy atom. The molecule has 0 saturated carbocycles.